The SMILES string of the molecule is CCC(C)[C@@]12CCI(C[C@@H](C)CC)[C@]1(C)CC2. The molecule has 0 radical (unpaired) electrons. The van der Waals surface area contributed by atoms with E-state index < -0.39 is 19.8 Å². The van der Waals surface area contributed by atoms with Crippen molar-refractivity contribution in [2.24, 2.45) is 17.3 Å². The molecule has 0 amide bonds. The number of alkyl halides is 3. The summed E-state index contributed by atoms with van der Waals surface area (Å²) in [7, 11) is 0. The monoisotopic (exact) mass is 350 g/mol. The number of halogens is 1. The molecule has 0 bridgehead atoms. The molecule has 2 fully saturated rings. The van der Waals surface area contributed by atoms with Crippen LogP contribution in [0.15, 0.2) is 0 Å². The van der Waals surface area contributed by atoms with Gasteiger partial charge in [-0.2, -0.15) is 0 Å². The van der Waals surface area contributed by atoms with Crippen LogP contribution in [0, 0.1) is 17.3 Å². The van der Waals surface area contributed by atoms with Gasteiger partial charge in [0.2, 0.25) is 0 Å². The molecule has 0 aromatic heterocycles. The first-order valence-corrected chi connectivity index (χ1v) is 11.7. The van der Waals surface area contributed by atoms with E-state index in [1.54, 1.807) is 28.1 Å². The molecule has 0 spiro atoms. The number of hydrogen-bond acceptors (Lipinski definition) is 0. The van der Waals surface area contributed by atoms with E-state index in [0.29, 0.717) is 0 Å². The molecule has 1 aliphatic carbocycles. The molecule has 1 aliphatic heterocycles. The van der Waals surface area contributed by atoms with Crippen molar-refractivity contribution >= 4 is 19.8 Å². The summed E-state index contributed by atoms with van der Waals surface area (Å²) < 4.78 is 4.18. The van der Waals surface area contributed by atoms with Gasteiger partial charge in [-0.3, -0.25) is 0 Å². The van der Waals surface area contributed by atoms with Crippen LogP contribution in [0.1, 0.15) is 66.7 Å². The molecule has 1 saturated carbocycles. The average Bonchev–Trinajstić information content (AvgIpc) is 2.51. The van der Waals surface area contributed by atoms with E-state index in [2.05, 4.69) is 34.6 Å². The van der Waals surface area contributed by atoms with Crippen LogP contribution in [-0.4, -0.2) is 12.3 Å². The van der Waals surface area contributed by atoms with E-state index >= 15 is 0 Å². The first-order valence-electron chi connectivity index (χ1n) is 7.62. The molecule has 1 unspecified atom stereocenters. The van der Waals surface area contributed by atoms with Gasteiger partial charge in [0.05, 0.1) is 0 Å². The van der Waals surface area contributed by atoms with Gasteiger partial charge >= 0.3 is 116 Å². The fourth-order valence-corrected chi connectivity index (χ4v) is 14.4. The number of fused-ring (bicyclic) bond motifs is 1. The zero-order chi connectivity index (χ0) is 12.7. The van der Waals surface area contributed by atoms with E-state index in [9.17, 15) is 0 Å². The minimum absolute atomic E-state index is 0.666. The Labute approximate surface area is 116 Å². The number of rotatable bonds is 5. The Balaban J connectivity index is 2.10. The second-order valence-corrected chi connectivity index (χ2v) is 13.7. The van der Waals surface area contributed by atoms with Gasteiger partial charge < -0.3 is 0 Å². The molecule has 1 saturated heterocycles. The Hall–Kier alpha value is 0.730. The number of hydrogen-bond donors (Lipinski definition) is 0. The van der Waals surface area contributed by atoms with E-state index in [1.165, 1.54) is 12.8 Å². The van der Waals surface area contributed by atoms with Crippen LogP contribution >= 0.6 is 19.8 Å². The van der Waals surface area contributed by atoms with Gasteiger partial charge in [0.25, 0.3) is 0 Å². The van der Waals surface area contributed by atoms with Gasteiger partial charge in [-0.25, -0.2) is 0 Å². The summed E-state index contributed by atoms with van der Waals surface area (Å²) >= 11 is -0.666. The van der Waals surface area contributed by atoms with Gasteiger partial charge in [-0.15, -0.1) is 0 Å². The van der Waals surface area contributed by atoms with Crippen LogP contribution in [0.5, 0.6) is 0 Å². The van der Waals surface area contributed by atoms with Crippen LogP contribution in [0.4, 0.5) is 0 Å². The van der Waals surface area contributed by atoms with Gasteiger partial charge in [0, 0.05) is 0 Å². The van der Waals surface area contributed by atoms with Crippen molar-refractivity contribution in [3.63, 3.8) is 0 Å². The Kier molecular flexibility index (Phi) is 4.17. The minimum atomic E-state index is -0.666. The maximum atomic E-state index is 2.70. The van der Waals surface area contributed by atoms with Gasteiger partial charge in [0.15, 0.2) is 0 Å². The summed E-state index contributed by atoms with van der Waals surface area (Å²) in [5.41, 5.74) is 0.806. The Morgan fingerprint density at radius 3 is 2.24 bits per heavy atom. The summed E-state index contributed by atoms with van der Waals surface area (Å²) in [4.78, 5) is 0. The molecule has 2 aliphatic rings. The Morgan fingerprint density at radius 2 is 1.76 bits per heavy atom. The van der Waals surface area contributed by atoms with E-state index in [0.717, 1.165) is 20.7 Å². The van der Waals surface area contributed by atoms with Crippen LogP contribution in [-0.2, 0) is 0 Å². The fraction of sp³-hybridized carbons (Fsp3) is 1.00. The van der Waals surface area contributed by atoms with E-state index in [-0.39, 0.29) is 0 Å². The second-order valence-electron chi connectivity index (χ2n) is 6.73. The van der Waals surface area contributed by atoms with Crippen LogP contribution in [0.2, 0.25) is 0 Å². The zero-order valence-electron chi connectivity index (χ0n) is 12.5. The molecular formula is C16H31I. The Morgan fingerprint density at radius 1 is 1.06 bits per heavy atom. The quantitative estimate of drug-likeness (QED) is 0.452. The summed E-state index contributed by atoms with van der Waals surface area (Å²) in [6, 6.07) is 0. The predicted molar refractivity (Wildman–Crippen MR) is 87.4 cm³/mol. The first kappa shape index (κ1) is 14.1. The molecule has 102 valence electrons. The average molecular weight is 350 g/mol. The molecule has 0 N–H and O–H groups in total. The van der Waals surface area contributed by atoms with Crippen molar-refractivity contribution < 1.29 is 0 Å². The summed E-state index contributed by atoms with van der Waals surface area (Å²) in [5, 5.41) is 0. The Bertz CT molecular complexity index is 275. The summed E-state index contributed by atoms with van der Waals surface area (Å²) in [6.45, 7) is 12.5. The third kappa shape index (κ3) is 1.99. The van der Waals surface area contributed by atoms with Gasteiger partial charge in [-0.1, -0.05) is 0 Å². The molecule has 1 heteroatoms. The van der Waals surface area contributed by atoms with Crippen molar-refractivity contribution in [3.8, 4) is 0 Å². The van der Waals surface area contributed by atoms with Crippen molar-refractivity contribution in [3.05, 3.63) is 0 Å². The van der Waals surface area contributed by atoms with E-state index in [4.69, 9.17) is 0 Å². The molecule has 0 nitrogen and oxygen atoms in total. The fourth-order valence-electron chi connectivity index (χ4n) is 4.14. The zero-order valence-corrected chi connectivity index (χ0v) is 14.6. The van der Waals surface area contributed by atoms with Crippen molar-refractivity contribution in [2.45, 2.75) is 70.1 Å². The topological polar surface area (TPSA) is 0 Å². The normalized spacial score (nSPS) is 41.8. The second kappa shape index (κ2) is 5.02. The summed E-state index contributed by atoms with van der Waals surface area (Å²) in [5.74, 6) is 1.99. The molecule has 4 atom stereocenters. The predicted octanol–water partition coefficient (Wildman–Crippen LogP) is 5.53. The third-order valence-corrected chi connectivity index (χ3v) is 15.5. The molecule has 1 heterocycles. The molecule has 2 rings (SSSR count). The van der Waals surface area contributed by atoms with Crippen LogP contribution in [0.3, 0.4) is 0 Å². The third-order valence-electron chi connectivity index (χ3n) is 6.14. The molecule has 0 aromatic rings. The molecular weight excluding hydrogens is 319 g/mol. The van der Waals surface area contributed by atoms with Crippen LogP contribution in [0.25, 0.3) is 0 Å². The van der Waals surface area contributed by atoms with E-state index in [1.807, 2.05) is 0 Å². The standard InChI is InChI=1S/C16H31I/c1-6-13(3)12-17-11-10-16(14(4)7-2)9-8-15(16,17)5/h13-14H,6-12H2,1-5H3/t13-,14?,15+,16+/m0/s1. The first-order chi connectivity index (χ1) is 8.00. The molecule has 0 aromatic carbocycles. The van der Waals surface area contributed by atoms with Gasteiger partial charge in [-0.05, 0) is 0 Å². The van der Waals surface area contributed by atoms with Crippen LogP contribution < -0.4 is 0 Å². The maximum absolute atomic E-state index is 2.70. The van der Waals surface area contributed by atoms with Gasteiger partial charge in [0.1, 0.15) is 0 Å². The molecule has 17 heavy (non-hydrogen) atoms. The van der Waals surface area contributed by atoms with Crippen molar-refractivity contribution in [1.29, 1.82) is 0 Å². The van der Waals surface area contributed by atoms with Crippen molar-refractivity contribution in [1.82, 2.24) is 0 Å². The summed E-state index contributed by atoms with van der Waals surface area (Å²) in [6.07, 6.45) is 7.55. The van der Waals surface area contributed by atoms with Crippen molar-refractivity contribution in [2.75, 3.05) is 8.86 Å².